The van der Waals surface area contributed by atoms with Gasteiger partial charge in [0.05, 0.1) is 13.2 Å². The largest absolute Gasteiger partial charge is 0.464 e. The highest BCUT2D eigenvalue weighted by Crippen LogP contribution is 2.44. The van der Waals surface area contributed by atoms with Gasteiger partial charge in [0.25, 0.3) is 5.54 Å². The molecular weight excluding hydrogens is 438 g/mol. The number of Topliss-reactive ketones (excluding diaryl/α,β-unsaturated/α-hetero) is 1. The standard InChI is InChI=1S/C22H33NO10/c1-10-30-18(28)22(19(29)31-11-2)13(12(3)24)15(25)23(22)14(16(26)32-20(4,5)6)17(27)33-21(7,8)9/h13-14H,10-11H2,1-9H3. The van der Waals surface area contributed by atoms with Crippen LogP contribution in [0.1, 0.15) is 62.3 Å². The van der Waals surface area contributed by atoms with Crippen molar-refractivity contribution >= 4 is 35.6 Å². The van der Waals surface area contributed by atoms with Crippen molar-refractivity contribution in [3.05, 3.63) is 0 Å². The zero-order valence-corrected chi connectivity index (χ0v) is 20.6. The Hall–Kier alpha value is -2.98. The maximum absolute atomic E-state index is 13.1. The fraction of sp³-hybridized carbons (Fsp3) is 0.727. The van der Waals surface area contributed by atoms with Crippen molar-refractivity contribution in [3.8, 4) is 0 Å². The lowest BCUT2D eigenvalue weighted by atomic mass is 9.69. The Morgan fingerprint density at radius 3 is 1.48 bits per heavy atom. The third-order valence-electron chi connectivity index (χ3n) is 4.38. The van der Waals surface area contributed by atoms with Crippen LogP contribution < -0.4 is 0 Å². The summed E-state index contributed by atoms with van der Waals surface area (Å²) in [5.74, 6) is -8.89. The summed E-state index contributed by atoms with van der Waals surface area (Å²) in [5, 5.41) is 0. The number of carbonyl (C=O) groups is 6. The first kappa shape index (κ1) is 28.1. The maximum atomic E-state index is 13.1. The second-order valence-electron chi connectivity index (χ2n) is 9.43. The van der Waals surface area contributed by atoms with Crippen LogP contribution in [0.3, 0.4) is 0 Å². The Morgan fingerprint density at radius 1 is 0.848 bits per heavy atom. The van der Waals surface area contributed by atoms with Crippen LogP contribution >= 0.6 is 0 Å². The van der Waals surface area contributed by atoms with E-state index in [1.54, 1.807) is 0 Å². The summed E-state index contributed by atoms with van der Waals surface area (Å²) >= 11 is 0. The number of ether oxygens (including phenoxy) is 4. The zero-order chi connectivity index (χ0) is 25.9. The first-order valence-corrected chi connectivity index (χ1v) is 10.6. The third-order valence-corrected chi connectivity index (χ3v) is 4.38. The summed E-state index contributed by atoms with van der Waals surface area (Å²) < 4.78 is 20.6. The van der Waals surface area contributed by atoms with Gasteiger partial charge in [-0.1, -0.05) is 0 Å². The quantitative estimate of drug-likeness (QED) is 0.217. The lowest BCUT2D eigenvalue weighted by molar-refractivity contribution is -0.215. The maximum Gasteiger partial charge on any atom is 0.345 e. The molecule has 0 bridgehead atoms. The molecule has 0 aromatic heterocycles. The number of hydrogen-bond acceptors (Lipinski definition) is 10. The minimum Gasteiger partial charge on any atom is -0.464 e. The first-order valence-electron chi connectivity index (χ1n) is 10.6. The van der Waals surface area contributed by atoms with E-state index in [-0.39, 0.29) is 13.2 Å². The minimum absolute atomic E-state index is 0.212. The molecule has 1 amide bonds. The predicted octanol–water partition coefficient (Wildman–Crippen LogP) is 0.951. The summed E-state index contributed by atoms with van der Waals surface area (Å²) in [6, 6.07) is -2.17. The Kier molecular flexibility index (Phi) is 8.40. The lowest BCUT2D eigenvalue weighted by Crippen LogP contribution is -2.84. The van der Waals surface area contributed by atoms with E-state index in [1.165, 1.54) is 55.4 Å². The molecule has 11 heteroatoms. The number of β-lactam (4-membered cyclic amide) rings is 1. The highest BCUT2D eigenvalue weighted by Gasteiger charge is 2.77. The van der Waals surface area contributed by atoms with Crippen LogP contribution in [-0.4, -0.2) is 76.5 Å². The fourth-order valence-corrected chi connectivity index (χ4v) is 3.38. The van der Waals surface area contributed by atoms with E-state index in [0.29, 0.717) is 4.90 Å². The third kappa shape index (κ3) is 5.69. The lowest BCUT2D eigenvalue weighted by Gasteiger charge is -2.53. The number of carbonyl (C=O) groups excluding carboxylic acids is 6. The first-order chi connectivity index (χ1) is 15.0. The molecule has 1 aliphatic rings. The van der Waals surface area contributed by atoms with E-state index < -0.39 is 64.3 Å². The van der Waals surface area contributed by atoms with E-state index in [0.717, 1.165) is 6.92 Å². The van der Waals surface area contributed by atoms with Crippen LogP contribution in [0.4, 0.5) is 0 Å². The molecule has 0 N–H and O–H groups in total. The molecule has 1 fully saturated rings. The van der Waals surface area contributed by atoms with Gasteiger partial charge < -0.3 is 18.9 Å². The fourth-order valence-electron chi connectivity index (χ4n) is 3.38. The average molecular weight is 472 g/mol. The minimum atomic E-state index is -2.69. The highest BCUT2D eigenvalue weighted by atomic mass is 16.6. The van der Waals surface area contributed by atoms with E-state index in [1.807, 2.05) is 0 Å². The molecule has 1 rings (SSSR count). The predicted molar refractivity (Wildman–Crippen MR) is 112 cm³/mol. The van der Waals surface area contributed by atoms with Crippen LogP contribution in [0.2, 0.25) is 0 Å². The van der Waals surface area contributed by atoms with Crippen molar-refractivity contribution in [2.75, 3.05) is 13.2 Å². The van der Waals surface area contributed by atoms with Crippen molar-refractivity contribution in [2.45, 2.75) is 85.1 Å². The molecule has 0 aliphatic carbocycles. The van der Waals surface area contributed by atoms with Crippen LogP contribution in [-0.2, 0) is 47.7 Å². The highest BCUT2D eigenvalue weighted by molar-refractivity contribution is 6.26. The van der Waals surface area contributed by atoms with Gasteiger partial charge in [-0.2, -0.15) is 0 Å². The van der Waals surface area contributed by atoms with Crippen LogP contribution in [0.15, 0.2) is 0 Å². The zero-order valence-electron chi connectivity index (χ0n) is 20.6. The molecule has 0 radical (unpaired) electrons. The van der Waals surface area contributed by atoms with Crippen LogP contribution in [0, 0.1) is 5.92 Å². The van der Waals surface area contributed by atoms with Crippen LogP contribution in [0.5, 0.6) is 0 Å². The molecule has 1 heterocycles. The Morgan fingerprint density at radius 2 is 1.21 bits per heavy atom. The van der Waals surface area contributed by atoms with E-state index >= 15 is 0 Å². The van der Waals surface area contributed by atoms with E-state index in [9.17, 15) is 28.8 Å². The van der Waals surface area contributed by atoms with Gasteiger partial charge in [-0.25, -0.2) is 19.2 Å². The molecule has 1 saturated heterocycles. The normalized spacial score (nSPS) is 17.7. The second-order valence-corrected chi connectivity index (χ2v) is 9.43. The number of ketones is 1. The molecule has 0 aromatic rings. The number of likely N-dealkylation sites (tertiary alicyclic amines) is 1. The summed E-state index contributed by atoms with van der Waals surface area (Å²) in [6.45, 7) is 12.6. The number of nitrogens with zero attached hydrogens (tertiary/aromatic N) is 1. The number of rotatable bonds is 8. The molecule has 1 aliphatic heterocycles. The molecule has 33 heavy (non-hydrogen) atoms. The smallest absolute Gasteiger partial charge is 0.345 e. The van der Waals surface area contributed by atoms with Gasteiger partial charge in [-0.3, -0.25) is 14.5 Å². The Balaban J connectivity index is 3.81. The van der Waals surface area contributed by atoms with Gasteiger partial charge in [0.15, 0.2) is 0 Å². The molecule has 0 saturated carbocycles. The topological polar surface area (TPSA) is 143 Å². The molecule has 1 unspecified atom stereocenters. The van der Waals surface area contributed by atoms with Crippen molar-refractivity contribution in [2.24, 2.45) is 5.92 Å². The van der Waals surface area contributed by atoms with Gasteiger partial charge in [0.2, 0.25) is 11.9 Å². The number of esters is 4. The van der Waals surface area contributed by atoms with E-state index in [4.69, 9.17) is 18.9 Å². The van der Waals surface area contributed by atoms with E-state index in [2.05, 4.69) is 0 Å². The van der Waals surface area contributed by atoms with Gasteiger partial charge in [-0.15, -0.1) is 0 Å². The second kappa shape index (κ2) is 9.88. The van der Waals surface area contributed by atoms with Crippen molar-refractivity contribution < 1.29 is 47.7 Å². The van der Waals surface area contributed by atoms with Crippen molar-refractivity contribution in [3.63, 3.8) is 0 Å². The molecule has 11 nitrogen and oxygen atoms in total. The summed E-state index contributed by atoms with van der Waals surface area (Å²) in [5.41, 5.74) is -4.88. The van der Waals surface area contributed by atoms with Crippen molar-refractivity contribution in [1.82, 2.24) is 4.90 Å². The Bertz CT molecular complexity index is 787. The summed E-state index contributed by atoms with van der Waals surface area (Å²) in [6.07, 6.45) is 0. The van der Waals surface area contributed by atoms with Crippen molar-refractivity contribution in [1.29, 1.82) is 0 Å². The molecule has 1 atom stereocenters. The average Bonchev–Trinajstić information content (AvgIpc) is 2.59. The summed E-state index contributed by atoms with van der Waals surface area (Å²) in [7, 11) is 0. The number of amides is 1. The molecule has 0 spiro atoms. The molecule has 0 aromatic carbocycles. The monoisotopic (exact) mass is 471 g/mol. The number of hydrogen-bond donors (Lipinski definition) is 0. The SMILES string of the molecule is CCOC(=O)C1(C(=O)OCC)C(C(C)=O)C(=O)N1C(C(=O)OC(C)(C)C)C(=O)OC(C)(C)C. The summed E-state index contributed by atoms with van der Waals surface area (Å²) in [4.78, 5) is 78.2. The van der Waals surface area contributed by atoms with Gasteiger partial charge in [0, 0.05) is 0 Å². The molecule has 186 valence electrons. The van der Waals surface area contributed by atoms with Gasteiger partial charge in [0.1, 0.15) is 22.9 Å². The molecular formula is C22H33NO10. The van der Waals surface area contributed by atoms with Crippen LogP contribution in [0.25, 0.3) is 0 Å². The Labute approximate surface area is 193 Å². The van der Waals surface area contributed by atoms with Gasteiger partial charge >= 0.3 is 23.9 Å². The van der Waals surface area contributed by atoms with Gasteiger partial charge in [-0.05, 0) is 62.3 Å².